The standard InChI is InChI=1S/C26H36OSi/c1-20(2)18-25(27)21(3)19-22(4)28(26(5,6)7,23-14-10-8-11-15-23)24-16-12-9-13-17-24/h8-17,20,25,27H,18H2,1-7H3. The van der Waals surface area contributed by atoms with Gasteiger partial charge in [0.05, 0.1) is 6.10 Å². The molecule has 1 unspecified atom stereocenters. The van der Waals surface area contributed by atoms with Crippen molar-refractivity contribution >= 4 is 18.4 Å². The maximum Gasteiger partial charge on any atom is 0.157 e. The monoisotopic (exact) mass is 392 g/mol. The van der Waals surface area contributed by atoms with Crippen LogP contribution in [-0.2, 0) is 0 Å². The average molecular weight is 393 g/mol. The number of aliphatic hydroxyl groups excluding tert-OH is 1. The molecule has 2 rings (SSSR count). The number of hydrogen-bond acceptors (Lipinski definition) is 1. The minimum atomic E-state index is -2.33. The van der Waals surface area contributed by atoms with Crippen molar-refractivity contribution in [1.29, 1.82) is 0 Å². The minimum absolute atomic E-state index is 0.0517. The van der Waals surface area contributed by atoms with Gasteiger partial charge in [0.2, 0.25) is 0 Å². The fraction of sp³-hybridized carbons (Fsp3) is 0.423. The van der Waals surface area contributed by atoms with Crippen molar-refractivity contribution in [2.75, 3.05) is 0 Å². The van der Waals surface area contributed by atoms with E-state index in [0.717, 1.165) is 12.0 Å². The molecule has 1 nitrogen and oxygen atoms in total. The Kier molecular flexibility index (Phi) is 7.28. The van der Waals surface area contributed by atoms with Crippen LogP contribution in [0.3, 0.4) is 0 Å². The van der Waals surface area contributed by atoms with Crippen molar-refractivity contribution in [2.45, 2.75) is 66.0 Å². The van der Waals surface area contributed by atoms with Gasteiger partial charge in [-0.15, -0.1) is 5.73 Å². The van der Waals surface area contributed by atoms with Crippen LogP contribution in [-0.4, -0.2) is 19.3 Å². The van der Waals surface area contributed by atoms with Crippen molar-refractivity contribution < 1.29 is 5.11 Å². The summed E-state index contributed by atoms with van der Waals surface area (Å²) >= 11 is 0. The van der Waals surface area contributed by atoms with Gasteiger partial charge in [-0.3, -0.25) is 0 Å². The molecule has 150 valence electrons. The Labute approximate surface area is 172 Å². The van der Waals surface area contributed by atoms with Gasteiger partial charge in [-0.25, -0.2) is 0 Å². The van der Waals surface area contributed by atoms with E-state index < -0.39 is 14.2 Å². The summed E-state index contributed by atoms with van der Waals surface area (Å²) in [5.41, 5.74) is 4.62. The Morgan fingerprint density at radius 1 is 0.893 bits per heavy atom. The highest BCUT2D eigenvalue weighted by atomic mass is 28.3. The van der Waals surface area contributed by atoms with Gasteiger partial charge in [-0.2, -0.15) is 0 Å². The van der Waals surface area contributed by atoms with Crippen LogP contribution < -0.4 is 10.4 Å². The van der Waals surface area contributed by atoms with Crippen LogP contribution in [0.2, 0.25) is 5.04 Å². The maximum absolute atomic E-state index is 10.6. The molecule has 0 saturated carbocycles. The zero-order chi connectivity index (χ0) is 20.9. The summed E-state index contributed by atoms with van der Waals surface area (Å²) < 4.78 is 0. The Bertz CT molecular complexity index is 782. The van der Waals surface area contributed by atoms with Crippen molar-refractivity contribution in [3.05, 3.63) is 77.2 Å². The Hall–Kier alpha value is -1.86. The van der Waals surface area contributed by atoms with Gasteiger partial charge >= 0.3 is 0 Å². The van der Waals surface area contributed by atoms with E-state index in [1.807, 2.05) is 6.92 Å². The number of aliphatic hydroxyl groups is 1. The van der Waals surface area contributed by atoms with E-state index in [9.17, 15) is 5.11 Å². The van der Waals surface area contributed by atoms with E-state index in [4.69, 9.17) is 0 Å². The Morgan fingerprint density at radius 3 is 1.68 bits per heavy atom. The van der Waals surface area contributed by atoms with Gasteiger partial charge in [0.1, 0.15) is 0 Å². The number of benzene rings is 2. The van der Waals surface area contributed by atoms with Gasteiger partial charge in [0, 0.05) is 0 Å². The molecule has 1 N–H and O–H groups in total. The Balaban J connectivity index is 2.83. The predicted molar refractivity (Wildman–Crippen MR) is 125 cm³/mol. The SMILES string of the molecule is CC(=C=C(C)[Si](c1ccccc1)(c1ccccc1)C(C)(C)C)C(O)CC(C)C. The molecule has 0 heterocycles. The molecule has 1 atom stereocenters. The molecule has 0 aliphatic carbocycles. The van der Waals surface area contributed by atoms with E-state index in [1.54, 1.807) is 0 Å². The van der Waals surface area contributed by atoms with Gasteiger partial charge in [-0.05, 0) is 52.4 Å². The highest BCUT2D eigenvalue weighted by Gasteiger charge is 2.49. The first-order valence-electron chi connectivity index (χ1n) is 10.3. The fourth-order valence-electron chi connectivity index (χ4n) is 4.50. The van der Waals surface area contributed by atoms with Crippen molar-refractivity contribution in [2.24, 2.45) is 5.92 Å². The molecule has 0 fully saturated rings. The van der Waals surface area contributed by atoms with Gasteiger partial charge in [0.15, 0.2) is 8.07 Å². The van der Waals surface area contributed by atoms with Gasteiger partial charge in [-0.1, -0.05) is 95.3 Å². The second-order valence-electron chi connectivity index (χ2n) is 9.31. The van der Waals surface area contributed by atoms with Crippen LogP contribution >= 0.6 is 0 Å². The lowest BCUT2D eigenvalue weighted by atomic mass is 10.0. The van der Waals surface area contributed by atoms with E-state index in [2.05, 4.69) is 108 Å². The van der Waals surface area contributed by atoms with Gasteiger partial charge < -0.3 is 5.11 Å². The van der Waals surface area contributed by atoms with Gasteiger partial charge in [0.25, 0.3) is 0 Å². The summed E-state index contributed by atoms with van der Waals surface area (Å²) in [6, 6.07) is 21.8. The molecule has 0 radical (unpaired) electrons. The van der Waals surface area contributed by atoms with E-state index in [0.29, 0.717) is 5.92 Å². The molecule has 0 bridgehead atoms. The van der Waals surface area contributed by atoms with Crippen molar-refractivity contribution in [1.82, 2.24) is 0 Å². The summed E-state index contributed by atoms with van der Waals surface area (Å²) in [6.07, 6.45) is 0.334. The maximum atomic E-state index is 10.6. The van der Waals surface area contributed by atoms with Crippen LogP contribution in [0.4, 0.5) is 0 Å². The first kappa shape index (κ1) is 22.4. The molecule has 0 aliphatic rings. The number of rotatable bonds is 6. The molecule has 0 aliphatic heterocycles. The zero-order valence-corrected chi connectivity index (χ0v) is 19.6. The van der Waals surface area contributed by atoms with Crippen LogP contribution in [0.25, 0.3) is 0 Å². The second kappa shape index (κ2) is 9.09. The molecule has 0 spiro atoms. The Morgan fingerprint density at radius 2 is 1.32 bits per heavy atom. The summed E-state index contributed by atoms with van der Waals surface area (Å²) in [5.74, 6) is 0.458. The average Bonchev–Trinajstić information content (AvgIpc) is 2.62. The lowest BCUT2D eigenvalue weighted by Crippen LogP contribution is -2.65. The normalized spacial score (nSPS) is 13.2. The van der Waals surface area contributed by atoms with Crippen molar-refractivity contribution in [3.8, 4) is 0 Å². The highest BCUT2D eigenvalue weighted by Crippen LogP contribution is 2.40. The molecule has 2 aromatic carbocycles. The number of hydrogen-bond donors (Lipinski definition) is 1. The third-order valence-electron chi connectivity index (χ3n) is 5.68. The molecule has 2 aromatic rings. The third kappa shape index (κ3) is 4.58. The molecule has 0 saturated heterocycles. The molecule has 0 amide bonds. The predicted octanol–water partition coefficient (Wildman–Crippen LogP) is 5.49. The zero-order valence-electron chi connectivity index (χ0n) is 18.6. The van der Waals surface area contributed by atoms with Crippen LogP contribution in [0.1, 0.15) is 54.9 Å². The third-order valence-corrected chi connectivity index (χ3v) is 11.6. The first-order chi connectivity index (χ1) is 13.1. The topological polar surface area (TPSA) is 20.2 Å². The molecule has 2 heteroatoms. The van der Waals surface area contributed by atoms with E-state index in [-0.39, 0.29) is 5.04 Å². The van der Waals surface area contributed by atoms with E-state index >= 15 is 0 Å². The quantitative estimate of drug-likeness (QED) is 0.509. The molecular formula is C26H36OSi. The van der Waals surface area contributed by atoms with Crippen LogP contribution in [0, 0.1) is 5.92 Å². The smallest absolute Gasteiger partial charge is 0.157 e. The second-order valence-corrected chi connectivity index (χ2v) is 14.2. The van der Waals surface area contributed by atoms with Crippen LogP contribution in [0.5, 0.6) is 0 Å². The molecule has 28 heavy (non-hydrogen) atoms. The molecular weight excluding hydrogens is 356 g/mol. The fourth-order valence-corrected chi connectivity index (χ4v) is 10.3. The first-order valence-corrected chi connectivity index (χ1v) is 12.3. The van der Waals surface area contributed by atoms with Crippen LogP contribution in [0.15, 0.2) is 77.2 Å². The lowest BCUT2D eigenvalue weighted by molar-refractivity contribution is 0.183. The highest BCUT2D eigenvalue weighted by molar-refractivity contribution is 7.09. The lowest BCUT2D eigenvalue weighted by Gasteiger charge is -2.44. The summed E-state index contributed by atoms with van der Waals surface area (Å²) in [7, 11) is -2.33. The summed E-state index contributed by atoms with van der Waals surface area (Å²) in [4.78, 5) is 0. The summed E-state index contributed by atoms with van der Waals surface area (Å²) in [5, 5.41) is 14.8. The summed E-state index contributed by atoms with van der Waals surface area (Å²) in [6.45, 7) is 15.6. The van der Waals surface area contributed by atoms with E-state index in [1.165, 1.54) is 15.6 Å². The largest absolute Gasteiger partial charge is 0.388 e. The van der Waals surface area contributed by atoms with Crippen molar-refractivity contribution in [3.63, 3.8) is 0 Å². The minimum Gasteiger partial charge on any atom is -0.388 e. The molecule has 0 aromatic heterocycles.